The van der Waals surface area contributed by atoms with Gasteiger partial charge in [-0.15, -0.1) is 0 Å². The normalized spacial score (nSPS) is 14.5. The molecular formula is C39H25NOS. The van der Waals surface area contributed by atoms with Crippen LogP contribution in [0.15, 0.2) is 137 Å². The largest absolute Gasteiger partial charge is 0.281 e. The number of fused-ring (bicyclic) bond motifs is 12. The van der Waals surface area contributed by atoms with Crippen LogP contribution in [0.5, 0.6) is 0 Å². The molecule has 0 unspecified atom stereocenters. The maximum absolute atomic E-state index is 13.0. The van der Waals surface area contributed by atoms with E-state index in [0.717, 1.165) is 38.7 Å². The second-order valence-corrected chi connectivity index (χ2v) is 12.4. The average molecular weight is 556 g/mol. The highest BCUT2D eigenvalue weighted by molar-refractivity contribution is 7.99. The molecule has 0 bridgehead atoms. The first kappa shape index (κ1) is 23.8. The summed E-state index contributed by atoms with van der Waals surface area (Å²) in [5, 5.41) is 0. The molecule has 1 amide bonds. The van der Waals surface area contributed by atoms with Crippen molar-refractivity contribution in [2.45, 2.75) is 22.1 Å². The molecule has 0 aromatic heterocycles. The fraction of sp³-hybridized carbons (Fsp3) is 0.0513. The Morgan fingerprint density at radius 3 is 1.71 bits per heavy atom. The predicted octanol–water partition coefficient (Wildman–Crippen LogP) is 9.76. The molecule has 198 valence electrons. The van der Waals surface area contributed by atoms with E-state index in [4.69, 9.17) is 0 Å². The molecule has 0 saturated heterocycles. The van der Waals surface area contributed by atoms with Gasteiger partial charge in [-0.3, -0.25) is 9.69 Å². The maximum atomic E-state index is 13.0. The van der Waals surface area contributed by atoms with Gasteiger partial charge in [0.1, 0.15) is 0 Å². The van der Waals surface area contributed by atoms with Gasteiger partial charge >= 0.3 is 0 Å². The molecule has 0 radical (unpaired) electrons. The lowest BCUT2D eigenvalue weighted by atomic mass is 9.70. The van der Waals surface area contributed by atoms with Gasteiger partial charge in [-0.2, -0.15) is 0 Å². The zero-order valence-corrected chi connectivity index (χ0v) is 23.8. The zero-order chi connectivity index (χ0) is 28.0. The first-order valence-electron chi connectivity index (χ1n) is 14.3. The molecule has 3 aliphatic rings. The SMILES string of the molecule is Cc1ccccc1-c1cccc2c1N(C=O)c1cc3c(cc1S2)C1(c2ccccc2-c2ccccc21)c1ccccc1-3. The van der Waals surface area contributed by atoms with E-state index in [1.54, 1.807) is 11.8 Å². The lowest BCUT2D eigenvalue weighted by molar-refractivity contribution is -0.106. The number of carbonyl (C=O) groups is 1. The lowest BCUT2D eigenvalue weighted by Crippen LogP contribution is -2.26. The number of anilines is 2. The van der Waals surface area contributed by atoms with Crippen molar-refractivity contribution in [3.8, 4) is 33.4 Å². The molecule has 0 atom stereocenters. The Morgan fingerprint density at radius 2 is 1.10 bits per heavy atom. The van der Waals surface area contributed by atoms with Gasteiger partial charge in [0, 0.05) is 15.4 Å². The standard InChI is InChI=1S/C39H25NOS/c1-24-11-2-3-12-25(24)29-16-10-20-36-38(29)40(23-41)35-21-30-28-15-6-9-19-33(28)39(34(30)22-37(35)42-36)31-17-7-4-13-26(31)27-14-5-8-18-32(27)39/h2-23H,1H3. The van der Waals surface area contributed by atoms with Crippen LogP contribution >= 0.6 is 11.8 Å². The highest BCUT2D eigenvalue weighted by Crippen LogP contribution is 2.64. The maximum Gasteiger partial charge on any atom is 0.218 e. The number of para-hydroxylation sites is 1. The van der Waals surface area contributed by atoms with Crippen LogP contribution in [0.4, 0.5) is 11.4 Å². The first-order chi connectivity index (χ1) is 20.7. The van der Waals surface area contributed by atoms with Crippen LogP contribution < -0.4 is 4.90 Å². The van der Waals surface area contributed by atoms with Gasteiger partial charge < -0.3 is 0 Å². The molecule has 3 heteroatoms. The Kier molecular flexibility index (Phi) is 4.86. The summed E-state index contributed by atoms with van der Waals surface area (Å²) in [6, 6.07) is 46.0. The van der Waals surface area contributed by atoms with Gasteiger partial charge in [-0.1, -0.05) is 121 Å². The predicted molar refractivity (Wildman–Crippen MR) is 172 cm³/mol. The summed E-state index contributed by atoms with van der Waals surface area (Å²) in [6.45, 7) is 2.13. The van der Waals surface area contributed by atoms with Gasteiger partial charge in [0.15, 0.2) is 0 Å². The quantitative estimate of drug-likeness (QED) is 0.198. The molecule has 2 nitrogen and oxygen atoms in total. The van der Waals surface area contributed by atoms with Gasteiger partial charge in [0.25, 0.3) is 0 Å². The van der Waals surface area contributed by atoms with E-state index in [-0.39, 0.29) is 0 Å². The van der Waals surface area contributed by atoms with Crippen molar-refractivity contribution in [3.05, 3.63) is 155 Å². The molecule has 1 heterocycles. The first-order valence-corrected chi connectivity index (χ1v) is 15.1. The number of carbonyl (C=O) groups excluding carboxylic acids is 1. The smallest absolute Gasteiger partial charge is 0.218 e. The summed E-state index contributed by atoms with van der Waals surface area (Å²) < 4.78 is 0. The summed E-state index contributed by atoms with van der Waals surface area (Å²) in [6.07, 6.45) is 0.988. The Hall–Kier alpha value is -4.86. The third-order valence-electron chi connectivity index (χ3n) is 9.34. The van der Waals surface area contributed by atoms with E-state index in [1.165, 1.54) is 50.1 Å². The number of amides is 1. The molecule has 1 aliphatic heterocycles. The Balaban J connectivity index is 1.34. The monoisotopic (exact) mass is 555 g/mol. The summed E-state index contributed by atoms with van der Waals surface area (Å²) >= 11 is 1.77. The molecule has 6 aromatic carbocycles. The van der Waals surface area contributed by atoms with Crippen molar-refractivity contribution < 1.29 is 4.79 Å². The number of rotatable bonds is 2. The minimum absolute atomic E-state index is 0.399. The molecule has 0 fully saturated rings. The van der Waals surface area contributed by atoms with Crippen molar-refractivity contribution in [3.63, 3.8) is 0 Å². The highest BCUT2D eigenvalue weighted by atomic mass is 32.2. The summed E-state index contributed by atoms with van der Waals surface area (Å²) in [4.78, 5) is 17.1. The molecular weight excluding hydrogens is 531 g/mol. The van der Waals surface area contributed by atoms with Gasteiger partial charge in [-0.05, 0) is 80.8 Å². The summed E-state index contributed by atoms with van der Waals surface area (Å²) in [5.74, 6) is 0. The number of hydrogen-bond acceptors (Lipinski definition) is 2. The number of aryl methyl sites for hydroxylation is 1. The Labute approximate surface area is 249 Å². The lowest BCUT2D eigenvalue weighted by Gasteiger charge is -2.33. The zero-order valence-electron chi connectivity index (χ0n) is 23.0. The van der Waals surface area contributed by atoms with E-state index in [1.807, 2.05) is 4.90 Å². The summed E-state index contributed by atoms with van der Waals surface area (Å²) in [5.41, 5.74) is 15.2. The van der Waals surface area contributed by atoms with Crippen molar-refractivity contribution in [2.75, 3.05) is 4.90 Å². The topological polar surface area (TPSA) is 20.3 Å². The fourth-order valence-electron chi connectivity index (χ4n) is 7.67. The molecule has 1 spiro atoms. The van der Waals surface area contributed by atoms with Crippen LogP contribution in [0.25, 0.3) is 33.4 Å². The van der Waals surface area contributed by atoms with Crippen molar-refractivity contribution in [1.29, 1.82) is 0 Å². The molecule has 9 rings (SSSR count). The number of nitrogens with zero attached hydrogens (tertiary/aromatic N) is 1. The van der Waals surface area contributed by atoms with Gasteiger partial charge in [0.05, 0.1) is 16.8 Å². The molecule has 42 heavy (non-hydrogen) atoms. The van der Waals surface area contributed by atoms with Crippen molar-refractivity contribution in [2.24, 2.45) is 0 Å². The molecule has 6 aromatic rings. The fourth-order valence-corrected chi connectivity index (χ4v) is 8.80. The van der Waals surface area contributed by atoms with Crippen LogP contribution in [0.3, 0.4) is 0 Å². The van der Waals surface area contributed by atoms with Crippen LogP contribution in [0.2, 0.25) is 0 Å². The van der Waals surface area contributed by atoms with E-state index in [0.29, 0.717) is 0 Å². The van der Waals surface area contributed by atoms with Crippen molar-refractivity contribution >= 4 is 29.5 Å². The second kappa shape index (κ2) is 8.58. The van der Waals surface area contributed by atoms with Crippen LogP contribution in [0, 0.1) is 6.92 Å². The Bertz CT molecular complexity index is 2080. The molecule has 0 N–H and O–H groups in total. The van der Waals surface area contributed by atoms with E-state index in [9.17, 15) is 4.79 Å². The highest BCUT2D eigenvalue weighted by Gasteiger charge is 2.52. The van der Waals surface area contributed by atoms with Crippen LogP contribution in [0.1, 0.15) is 27.8 Å². The van der Waals surface area contributed by atoms with E-state index >= 15 is 0 Å². The van der Waals surface area contributed by atoms with E-state index < -0.39 is 5.41 Å². The number of hydrogen-bond donors (Lipinski definition) is 0. The minimum atomic E-state index is -0.399. The van der Waals surface area contributed by atoms with Crippen LogP contribution in [-0.2, 0) is 10.2 Å². The second-order valence-electron chi connectivity index (χ2n) is 11.3. The van der Waals surface area contributed by atoms with Crippen LogP contribution in [-0.4, -0.2) is 6.41 Å². The van der Waals surface area contributed by atoms with Crippen molar-refractivity contribution in [1.82, 2.24) is 0 Å². The average Bonchev–Trinajstić information content (AvgIpc) is 3.50. The molecule has 0 saturated carbocycles. The third-order valence-corrected chi connectivity index (χ3v) is 10.4. The van der Waals surface area contributed by atoms with Gasteiger partial charge in [-0.25, -0.2) is 0 Å². The summed E-state index contributed by atoms with van der Waals surface area (Å²) in [7, 11) is 0. The molecule has 2 aliphatic carbocycles. The number of benzene rings is 6. The van der Waals surface area contributed by atoms with Gasteiger partial charge in [0.2, 0.25) is 6.41 Å². The van der Waals surface area contributed by atoms with E-state index in [2.05, 4.69) is 134 Å². The minimum Gasteiger partial charge on any atom is -0.281 e. The third kappa shape index (κ3) is 2.89. The Morgan fingerprint density at radius 1 is 0.548 bits per heavy atom.